The Morgan fingerprint density at radius 1 is 1.50 bits per heavy atom. The third kappa shape index (κ3) is 3.98. The van der Waals surface area contributed by atoms with E-state index in [-0.39, 0.29) is 36.3 Å². The van der Waals surface area contributed by atoms with Crippen molar-refractivity contribution in [2.75, 3.05) is 6.54 Å². The van der Waals surface area contributed by atoms with Gasteiger partial charge in [-0.1, -0.05) is 11.6 Å². The van der Waals surface area contributed by atoms with Gasteiger partial charge in [-0.15, -0.1) is 0 Å². The number of nitrogens with one attached hydrogen (secondary N) is 1. The maximum Gasteiger partial charge on any atom is 0.306 e. The van der Waals surface area contributed by atoms with Crippen molar-refractivity contribution in [2.45, 2.75) is 38.3 Å². The number of hydrogen-bond donors (Lipinski definition) is 1. The minimum Gasteiger partial charge on any atom is -0.353 e. The fourth-order valence-electron chi connectivity index (χ4n) is 2.55. The van der Waals surface area contributed by atoms with Gasteiger partial charge in [0.15, 0.2) is 0 Å². The molecular weight excluding hydrogens is 374 g/mol. The predicted octanol–water partition coefficient (Wildman–Crippen LogP) is 2.27. The van der Waals surface area contributed by atoms with Crippen LogP contribution in [0.4, 0.5) is 14.5 Å². The number of amides is 1. The second kappa shape index (κ2) is 7.36. The molecule has 1 aliphatic rings. The lowest BCUT2D eigenvalue weighted by molar-refractivity contribution is -0.385. The van der Waals surface area contributed by atoms with Crippen LogP contribution < -0.4 is 5.32 Å². The lowest BCUT2D eigenvalue weighted by Gasteiger charge is -2.08. The van der Waals surface area contributed by atoms with Crippen molar-refractivity contribution < 1.29 is 18.5 Å². The van der Waals surface area contributed by atoms with Crippen molar-refractivity contribution >= 4 is 23.2 Å². The maximum atomic E-state index is 13.0. The minimum absolute atomic E-state index is 0.0555. The van der Waals surface area contributed by atoms with Crippen LogP contribution in [0.25, 0.3) is 0 Å². The van der Waals surface area contributed by atoms with E-state index in [1.807, 2.05) is 0 Å². The van der Waals surface area contributed by atoms with Crippen LogP contribution >= 0.6 is 11.6 Å². The Morgan fingerprint density at radius 2 is 2.23 bits per heavy atom. The number of carbonyl (C=O) groups excluding carboxylic acids is 1. The maximum absolute atomic E-state index is 13.0. The molecule has 1 amide bonds. The van der Waals surface area contributed by atoms with Gasteiger partial charge >= 0.3 is 5.69 Å². The molecule has 1 saturated carbocycles. The summed E-state index contributed by atoms with van der Waals surface area (Å²) in [5.41, 5.74) is -0.179. The Morgan fingerprint density at radius 3 is 2.81 bits per heavy atom. The van der Waals surface area contributed by atoms with Crippen LogP contribution in [0, 0.1) is 10.1 Å². The fraction of sp³-hybridized carbons (Fsp3) is 0.500. The molecule has 1 aliphatic carbocycles. The number of alkyl halides is 2. The first-order valence-electron chi connectivity index (χ1n) is 7.84. The number of halogens is 3. The number of aromatic nitrogens is 4. The first-order chi connectivity index (χ1) is 12.4. The summed E-state index contributed by atoms with van der Waals surface area (Å²) in [5, 5.41) is 20.7. The normalized spacial score (nSPS) is 14.0. The number of hydrogen-bond acceptors (Lipinski definition) is 5. The fourth-order valence-corrected chi connectivity index (χ4v) is 2.92. The molecule has 0 aliphatic heterocycles. The molecule has 0 unspecified atom stereocenters. The van der Waals surface area contributed by atoms with E-state index < -0.39 is 22.9 Å². The molecule has 0 bridgehead atoms. The van der Waals surface area contributed by atoms with Gasteiger partial charge < -0.3 is 5.32 Å². The molecule has 26 heavy (non-hydrogen) atoms. The zero-order valence-electron chi connectivity index (χ0n) is 13.4. The second-order valence-electron chi connectivity index (χ2n) is 5.89. The Kier molecular flexibility index (Phi) is 5.16. The highest BCUT2D eigenvalue weighted by Gasteiger charge is 2.34. The standard InChI is InChI=1S/C14H15ClF2N6O3/c15-11-12(14(16)17)20-22(13(11)8-1-2-8)7-10(24)18-3-4-21-6-9(5-19-21)23(25)26/h5-6,8,14H,1-4,7H2,(H,18,24). The molecule has 2 aromatic rings. The summed E-state index contributed by atoms with van der Waals surface area (Å²) in [6.45, 7) is 0.182. The molecule has 140 valence electrons. The molecule has 3 rings (SSSR count). The third-order valence-corrected chi connectivity index (χ3v) is 4.30. The van der Waals surface area contributed by atoms with Crippen molar-refractivity contribution in [3.63, 3.8) is 0 Å². The molecule has 0 saturated heterocycles. The highest BCUT2D eigenvalue weighted by Crippen LogP contribution is 2.45. The van der Waals surface area contributed by atoms with Gasteiger partial charge in [0, 0.05) is 12.5 Å². The van der Waals surface area contributed by atoms with Gasteiger partial charge in [0.2, 0.25) is 5.91 Å². The molecule has 12 heteroatoms. The minimum atomic E-state index is -2.81. The largest absolute Gasteiger partial charge is 0.353 e. The van der Waals surface area contributed by atoms with Gasteiger partial charge in [-0.2, -0.15) is 10.2 Å². The van der Waals surface area contributed by atoms with Crippen LogP contribution in [0.1, 0.15) is 36.6 Å². The number of carbonyl (C=O) groups is 1. The summed E-state index contributed by atoms with van der Waals surface area (Å²) in [6.07, 6.45) is 1.21. The summed E-state index contributed by atoms with van der Waals surface area (Å²) in [7, 11) is 0. The number of nitrogens with zero attached hydrogens (tertiary/aromatic N) is 5. The van der Waals surface area contributed by atoms with Crippen LogP contribution in [-0.4, -0.2) is 36.9 Å². The van der Waals surface area contributed by atoms with E-state index in [1.54, 1.807) is 0 Å². The van der Waals surface area contributed by atoms with Gasteiger partial charge in [-0.3, -0.25) is 24.3 Å². The summed E-state index contributed by atoms with van der Waals surface area (Å²) < 4.78 is 28.5. The SMILES string of the molecule is O=C(Cn1nc(C(F)F)c(Cl)c1C1CC1)NCCn1cc([N+](=O)[O-])cn1. The molecule has 9 nitrogen and oxygen atoms in total. The first-order valence-corrected chi connectivity index (χ1v) is 8.22. The van der Waals surface area contributed by atoms with Crippen LogP contribution in [0.5, 0.6) is 0 Å². The van der Waals surface area contributed by atoms with Crippen molar-refractivity contribution in [3.8, 4) is 0 Å². The molecule has 0 atom stereocenters. The second-order valence-corrected chi connectivity index (χ2v) is 6.26. The van der Waals surface area contributed by atoms with E-state index in [1.165, 1.54) is 15.6 Å². The van der Waals surface area contributed by atoms with Crippen molar-refractivity contribution in [2.24, 2.45) is 0 Å². The zero-order chi connectivity index (χ0) is 18.8. The van der Waals surface area contributed by atoms with Crippen molar-refractivity contribution in [1.29, 1.82) is 0 Å². The summed E-state index contributed by atoms with van der Waals surface area (Å²) in [6, 6.07) is 0. The van der Waals surface area contributed by atoms with E-state index >= 15 is 0 Å². The molecule has 0 spiro atoms. The van der Waals surface area contributed by atoms with Crippen LogP contribution in [-0.2, 0) is 17.9 Å². The quantitative estimate of drug-likeness (QED) is 0.551. The van der Waals surface area contributed by atoms with Crippen molar-refractivity contribution in [1.82, 2.24) is 24.9 Å². The highest BCUT2D eigenvalue weighted by molar-refractivity contribution is 6.32. The average Bonchev–Trinajstić information content (AvgIpc) is 3.18. The van der Waals surface area contributed by atoms with Crippen LogP contribution in [0.2, 0.25) is 5.02 Å². The Bertz CT molecular complexity index is 833. The lowest BCUT2D eigenvalue weighted by Crippen LogP contribution is -2.31. The van der Waals surface area contributed by atoms with Gasteiger partial charge in [-0.25, -0.2) is 8.78 Å². The summed E-state index contributed by atoms with van der Waals surface area (Å²) in [4.78, 5) is 22.1. The molecular formula is C14H15ClF2N6O3. The molecule has 1 N–H and O–H groups in total. The first kappa shape index (κ1) is 18.2. The van der Waals surface area contributed by atoms with E-state index in [0.717, 1.165) is 19.0 Å². The van der Waals surface area contributed by atoms with E-state index in [9.17, 15) is 23.7 Å². The molecule has 1 fully saturated rings. The monoisotopic (exact) mass is 388 g/mol. The molecule has 0 aromatic carbocycles. The van der Waals surface area contributed by atoms with E-state index in [0.29, 0.717) is 5.69 Å². The lowest BCUT2D eigenvalue weighted by atomic mass is 10.2. The molecule has 2 aromatic heterocycles. The Balaban J connectivity index is 1.58. The zero-order valence-corrected chi connectivity index (χ0v) is 14.2. The topological polar surface area (TPSA) is 108 Å². The number of nitro groups is 1. The van der Waals surface area contributed by atoms with Gasteiger partial charge in [0.25, 0.3) is 6.43 Å². The Labute approximate surface area is 151 Å². The van der Waals surface area contributed by atoms with Crippen molar-refractivity contribution in [3.05, 3.63) is 38.9 Å². The van der Waals surface area contributed by atoms with E-state index in [4.69, 9.17) is 11.6 Å². The van der Waals surface area contributed by atoms with Crippen LogP contribution in [0.15, 0.2) is 12.4 Å². The summed E-state index contributed by atoms with van der Waals surface area (Å²) in [5.74, 6) is -0.367. The molecule has 0 radical (unpaired) electrons. The number of rotatable bonds is 8. The van der Waals surface area contributed by atoms with Gasteiger partial charge in [0.05, 0.1) is 22.2 Å². The average molecular weight is 389 g/mol. The smallest absolute Gasteiger partial charge is 0.306 e. The Hall–Kier alpha value is -2.56. The van der Waals surface area contributed by atoms with Gasteiger partial charge in [0.1, 0.15) is 24.6 Å². The predicted molar refractivity (Wildman–Crippen MR) is 86.1 cm³/mol. The highest BCUT2D eigenvalue weighted by atomic mass is 35.5. The van der Waals surface area contributed by atoms with Crippen LogP contribution in [0.3, 0.4) is 0 Å². The van der Waals surface area contributed by atoms with E-state index in [2.05, 4.69) is 15.5 Å². The van der Waals surface area contributed by atoms with Gasteiger partial charge in [-0.05, 0) is 12.8 Å². The summed E-state index contributed by atoms with van der Waals surface area (Å²) >= 11 is 5.99. The molecule has 2 heterocycles. The third-order valence-electron chi connectivity index (χ3n) is 3.91.